The molecule has 0 bridgehead atoms. The Morgan fingerprint density at radius 1 is 1.17 bits per heavy atom. The van der Waals surface area contributed by atoms with Gasteiger partial charge in [-0.3, -0.25) is 9.52 Å². The lowest BCUT2D eigenvalue weighted by Gasteiger charge is -2.33. The molecular formula is C27H35N5O7S2. The van der Waals surface area contributed by atoms with Crippen LogP contribution in [0.1, 0.15) is 19.4 Å². The molecule has 3 atom stereocenters. The van der Waals surface area contributed by atoms with Gasteiger partial charge in [-0.1, -0.05) is 25.1 Å². The minimum atomic E-state index is -3.92. The summed E-state index contributed by atoms with van der Waals surface area (Å²) in [4.78, 5) is 19.0. The molecule has 3 aromatic rings. The molecule has 2 N–H and O–H groups in total. The Balaban J connectivity index is 1.68. The van der Waals surface area contributed by atoms with Gasteiger partial charge in [-0.25, -0.2) is 21.8 Å². The van der Waals surface area contributed by atoms with E-state index in [2.05, 4.69) is 9.71 Å². The molecular weight excluding hydrogens is 570 g/mol. The van der Waals surface area contributed by atoms with Crippen LogP contribution in [0.25, 0.3) is 0 Å². The van der Waals surface area contributed by atoms with Crippen molar-refractivity contribution >= 4 is 31.6 Å². The smallest absolute Gasteiger partial charge is 0.261 e. The lowest BCUT2D eigenvalue weighted by molar-refractivity contribution is -0.134. The molecule has 1 aromatic heterocycles. The number of imidazole rings is 1. The molecule has 0 fully saturated rings. The van der Waals surface area contributed by atoms with Crippen LogP contribution < -0.4 is 9.46 Å². The Morgan fingerprint density at radius 2 is 1.88 bits per heavy atom. The molecule has 1 amide bonds. The second kappa shape index (κ2) is 12.2. The number of benzene rings is 2. The highest BCUT2D eigenvalue weighted by molar-refractivity contribution is 7.92. The van der Waals surface area contributed by atoms with Crippen molar-refractivity contribution in [1.82, 2.24) is 18.8 Å². The Bertz CT molecular complexity index is 1590. The zero-order valence-corrected chi connectivity index (χ0v) is 25.0. The first kappa shape index (κ1) is 30.5. The van der Waals surface area contributed by atoms with Crippen LogP contribution in [0.5, 0.6) is 5.75 Å². The summed E-state index contributed by atoms with van der Waals surface area (Å²) in [6.07, 6.45) is 2.01. The van der Waals surface area contributed by atoms with Crippen molar-refractivity contribution in [1.29, 1.82) is 0 Å². The van der Waals surface area contributed by atoms with E-state index in [9.17, 15) is 26.7 Å². The maximum absolute atomic E-state index is 13.4. The van der Waals surface area contributed by atoms with E-state index in [1.807, 2.05) is 6.92 Å². The number of carbonyl (C=O) groups is 1. The number of hydrogen-bond donors (Lipinski definition) is 2. The number of hydrogen-bond acceptors (Lipinski definition) is 8. The summed E-state index contributed by atoms with van der Waals surface area (Å²) in [5.74, 6) is -0.280. The lowest BCUT2D eigenvalue weighted by Crippen LogP contribution is -2.48. The number of aliphatic hydroxyl groups is 1. The third-order valence-electron chi connectivity index (χ3n) is 7.02. The van der Waals surface area contributed by atoms with Gasteiger partial charge in [0.2, 0.25) is 5.91 Å². The van der Waals surface area contributed by atoms with Crippen molar-refractivity contribution in [3.05, 3.63) is 66.6 Å². The molecule has 0 radical (unpaired) electrons. The Hall–Kier alpha value is -3.46. The highest BCUT2D eigenvalue weighted by Crippen LogP contribution is 2.30. The van der Waals surface area contributed by atoms with Crippen LogP contribution in [0.15, 0.2) is 71.0 Å². The van der Waals surface area contributed by atoms with Crippen LogP contribution in [0, 0.1) is 5.92 Å². The first-order chi connectivity index (χ1) is 19.3. The highest BCUT2D eigenvalue weighted by Gasteiger charge is 2.34. The van der Waals surface area contributed by atoms with Gasteiger partial charge in [0.1, 0.15) is 11.9 Å². The number of anilines is 1. The zero-order chi connectivity index (χ0) is 29.9. The fourth-order valence-corrected chi connectivity index (χ4v) is 6.77. The normalized spacial score (nSPS) is 19.1. The topological polar surface area (TPSA) is 151 Å². The van der Waals surface area contributed by atoms with Gasteiger partial charge in [0.05, 0.1) is 36.8 Å². The summed E-state index contributed by atoms with van der Waals surface area (Å²) >= 11 is 0. The summed E-state index contributed by atoms with van der Waals surface area (Å²) < 4.78 is 63.8. The minimum absolute atomic E-state index is 0.0442. The van der Waals surface area contributed by atoms with Crippen LogP contribution in [0.2, 0.25) is 0 Å². The summed E-state index contributed by atoms with van der Waals surface area (Å²) in [5.41, 5.74) is 0.664. The Labute approximate surface area is 240 Å². The van der Waals surface area contributed by atoms with E-state index >= 15 is 0 Å². The van der Waals surface area contributed by atoms with Crippen molar-refractivity contribution in [3.8, 4) is 5.75 Å². The summed E-state index contributed by atoms with van der Waals surface area (Å²) in [6, 6.07) is 12.0. The molecule has 1 aliphatic rings. The molecule has 0 spiro atoms. The number of carbonyl (C=O) groups excluding carboxylic acids is 1. The number of nitrogens with one attached hydrogen (secondary N) is 1. The molecule has 0 saturated carbocycles. The number of likely N-dealkylation sites (N-methyl/N-ethyl adjacent to an activating group) is 1. The van der Waals surface area contributed by atoms with Crippen LogP contribution in [0.4, 0.5) is 5.69 Å². The zero-order valence-electron chi connectivity index (χ0n) is 23.3. The van der Waals surface area contributed by atoms with Crippen molar-refractivity contribution < 1.29 is 31.5 Å². The van der Waals surface area contributed by atoms with E-state index in [-0.39, 0.29) is 53.6 Å². The molecule has 2 heterocycles. The molecule has 41 heavy (non-hydrogen) atoms. The Kier molecular flexibility index (Phi) is 9.07. The number of ether oxygens (including phenoxy) is 1. The van der Waals surface area contributed by atoms with Gasteiger partial charge in [-0.15, -0.1) is 0 Å². The average molecular weight is 606 g/mol. The third kappa shape index (κ3) is 6.89. The monoisotopic (exact) mass is 605 g/mol. The SMILES string of the molecule is C[C@H](CO)N1C[C@H](C)[C@@H](CN(C)S(=O)(=O)c2cn(C)cn2)Oc2ccc(NS(=O)(=O)c3ccccc3)cc2CC1=O. The van der Waals surface area contributed by atoms with Gasteiger partial charge in [0, 0.05) is 44.0 Å². The molecule has 4 rings (SSSR count). The predicted molar refractivity (Wildman–Crippen MR) is 152 cm³/mol. The molecule has 0 unspecified atom stereocenters. The summed E-state index contributed by atoms with van der Waals surface area (Å²) in [5, 5.41) is 9.75. The first-order valence-corrected chi connectivity index (χ1v) is 16.0. The first-order valence-electron chi connectivity index (χ1n) is 13.0. The molecule has 222 valence electrons. The van der Waals surface area contributed by atoms with E-state index < -0.39 is 32.2 Å². The molecule has 12 nitrogen and oxygen atoms in total. The second-order valence-electron chi connectivity index (χ2n) is 10.3. The molecule has 1 aliphatic heterocycles. The maximum Gasteiger partial charge on any atom is 0.261 e. The fraction of sp³-hybridized carbons (Fsp3) is 0.407. The van der Waals surface area contributed by atoms with Gasteiger partial charge in [-0.05, 0) is 37.3 Å². The van der Waals surface area contributed by atoms with E-state index in [1.54, 1.807) is 47.7 Å². The number of nitrogens with zero attached hydrogens (tertiary/aromatic N) is 4. The van der Waals surface area contributed by atoms with Gasteiger partial charge in [0.25, 0.3) is 20.0 Å². The van der Waals surface area contributed by atoms with Crippen LogP contribution in [-0.4, -0.2) is 85.5 Å². The maximum atomic E-state index is 13.4. The second-order valence-corrected chi connectivity index (χ2v) is 14.0. The van der Waals surface area contributed by atoms with Gasteiger partial charge in [0.15, 0.2) is 5.03 Å². The van der Waals surface area contributed by atoms with E-state index in [4.69, 9.17) is 4.74 Å². The van der Waals surface area contributed by atoms with Gasteiger partial charge in [-0.2, -0.15) is 4.31 Å². The number of aryl methyl sites for hydroxylation is 1. The number of aliphatic hydroxyl groups excluding tert-OH is 1. The van der Waals surface area contributed by atoms with Crippen LogP contribution in [-0.2, 0) is 38.3 Å². The number of amides is 1. The third-order valence-corrected chi connectivity index (χ3v) is 10.1. The van der Waals surface area contributed by atoms with Gasteiger partial charge >= 0.3 is 0 Å². The van der Waals surface area contributed by atoms with Crippen molar-refractivity contribution in [2.45, 2.75) is 42.3 Å². The number of rotatable bonds is 9. The van der Waals surface area contributed by atoms with E-state index in [0.717, 1.165) is 4.31 Å². The van der Waals surface area contributed by atoms with Crippen molar-refractivity contribution in [3.63, 3.8) is 0 Å². The number of sulfonamides is 2. The largest absolute Gasteiger partial charge is 0.488 e. The van der Waals surface area contributed by atoms with Crippen molar-refractivity contribution in [2.24, 2.45) is 13.0 Å². The quantitative estimate of drug-likeness (QED) is 0.374. The molecule has 0 saturated heterocycles. The lowest BCUT2D eigenvalue weighted by atomic mass is 10.0. The molecule has 2 aromatic carbocycles. The van der Waals surface area contributed by atoms with Crippen molar-refractivity contribution in [2.75, 3.05) is 31.5 Å². The predicted octanol–water partition coefficient (Wildman–Crippen LogP) is 1.69. The molecule has 0 aliphatic carbocycles. The Morgan fingerprint density at radius 3 is 2.51 bits per heavy atom. The van der Waals surface area contributed by atoms with Crippen LogP contribution >= 0.6 is 0 Å². The number of aromatic nitrogens is 2. The fourth-order valence-electron chi connectivity index (χ4n) is 4.56. The highest BCUT2D eigenvalue weighted by atomic mass is 32.2. The standard InChI is InChI=1S/C27H35N5O7S2/c1-19-14-32(20(2)17-33)27(34)13-21-12-22(29-40(35,36)23-8-6-5-7-9-23)10-11-24(21)39-25(19)15-31(4)41(37,38)26-16-30(3)18-28-26/h5-12,16,18-20,25,29,33H,13-15,17H2,1-4H3/t19-,20+,25+/m0/s1. The number of fused-ring (bicyclic) bond motifs is 1. The summed E-state index contributed by atoms with van der Waals surface area (Å²) in [6.45, 7) is 3.48. The van der Waals surface area contributed by atoms with Gasteiger partial charge < -0.3 is 19.3 Å². The molecule has 14 heteroatoms. The van der Waals surface area contributed by atoms with Crippen LogP contribution in [0.3, 0.4) is 0 Å². The summed E-state index contributed by atoms with van der Waals surface area (Å²) in [7, 11) is -4.69. The average Bonchev–Trinajstić information content (AvgIpc) is 3.40. The van der Waals surface area contributed by atoms with E-state index in [1.165, 1.54) is 43.8 Å². The van der Waals surface area contributed by atoms with E-state index in [0.29, 0.717) is 11.3 Å². The minimum Gasteiger partial charge on any atom is -0.488 e.